The molecule has 0 aromatic heterocycles. The van der Waals surface area contributed by atoms with Crippen molar-refractivity contribution in [1.29, 1.82) is 0 Å². The molecule has 3 rings (SSSR count). The van der Waals surface area contributed by atoms with Gasteiger partial charge in [-0.25, -0.2) is 0 Å². The zero-order valence-corrected chi connectivity index (χ0v) is 10.7. The second kappa shape index (κ2) is 4.56. The molecular formula is C10H14Cl2N2S. The van der Waals surface area contributed by atoms with E-state index in [1.54, 1.807) is 11.8 Å². The summed E-state index contributed by atoms with van der Waals surface area (Å²) in [6.07, 6.45) is 5.15. The van der Waals surface area contributed by atoms with E-state index in [4.69, 9.17) is 16.6 Å². The molecule has 2 aliphatic heterocycles. The Balaban J connectivity index is 0.000000853. The first-order chi connectivity index (χ1) is 6.88. The molecule has 15 heavy (non-hydrogen) atoms. The third-order valence-corrected chi connectivity index (χ3v) is 4.41. The highest BCUT2D eigenvalue weighted by atomic mass is 35.5. The van der Waals surface area contributed by atoms with Crippen LogP contribution in [0.4, 0.5) is 0 Å². The number of nitrogens with zero attached hydrogens (tertiary/aromatic N) is 2. The van der Waals surface area contributed by atoms with Crippen LogP contribution in [-0.2, 0) is 0 Å². The van der Waals surface area contributed by atoms with E-state index in [9.17, 15) is 0 Å². The van der Waals surface area contributed by atoms with Gasteiger partial charge in [-0.3, -0.25) is 4.99 Å². The van der Waals surface area contributed by atoms with Crippen LogP contribution < -0.4 is 0 Å². The lowest BCUT2D eigenvalue weighted by Gasteiger charge is -2.40. The quantitative estimate of drug-likeness (QED) is 0.676. The van der Waals surface area contributed by atoms with Gasteiger partial charge in [0.05, 0.1) is 11.9 Å². The van der Waals surface area contributed by atoms with Crippen LogP contribution in [0, 0.1) is 0 Å². The van der Waals surface area contributed by atoms with Crippen molar-refractivity contribution in [2.45, 2.75) is 37.8 Å². The summed E-state index contributed by atoms with van der Waals surface area (Å²) in [6.45, 7) is 0. The Morgan fingerprint density at radius 2 is 2.40 bits per heavy atom. The molecule has 1 fully saturated rings. The van der Waals surface area contributed by atoms with E-state index in [2.05, 4.69) is 10.3 Å². The minimum absolute atomic E-state index is 0. The van der Waals surface area contributed by atoms with Crippen LogP contribution in [0.15, 0.2) is 16.1 Å². The van der Waals surface area contributed by atoms with E-state index >= 15 is 0 Å². The van der Waals surface area contributed by atoms with Crippen molar-refractivity contribution in [1.82, 2.24) is 4.90 Å². The van der Waals surface area contributed by atoms with E-state index in [1.165, 1.54) is 36.5 Å². The van der Waals surface area contributed by atoms with Crippen molar-refractivity contribution in [3.63, 3.8) is 0 Å². The number of halogens is 2. The first-order valence-corrected chi connectivity index (χ1v) is 6.58. The fourth-order valence-electron chi connectivity index (χ4n) is 2.58. The van der Waals surface area contributed by atoms with Gasteiger partial charge < -0.3 is 4.90 Å². The van der Waals surface area contributed by atoms with Crippen molar-refractivity contribution in [2.75, 3.05) is 5.88 Å². The highest BCUT2D eigenvalue weighted by molar-refractivity contribution is 8.16. The molecular weight excluding hydrogens is 251 g/mol. The Kier molecular flexibility index (Phi) is 3.53. The zero-order valence-electron chi connectivity index (χ0n) is 8.36. The summed E-state index contributed by atoms with van der Waals surface area (Å²) in [6, 6.07) is 1.27. The fourth-order valence-corrected chi connectivity index (χ4v) is 3.91. The molecule has 2 nitrogen and oxygen atoms in total. The second-order valence-electron chi connectivity index (χ2n) is 4.12. The number of alkyl halides is 1. The molecule has 0 saturated heterocycles. The molecule has 0 radical (unpaired) electrons. The first kappa shape index (κ1) is 11.6. The number of hydrogen-bond acceptors (Lipinski definition) is 3. The number of aliphatic imine (C=N–C) groups is 1. The molecule has 0 N–H and O–H groups in total. The van der Waals surface area contributed by atoms with Crippen LogP contribution >= 0.6 is 35.8 Å². The molecule has 3 aliphatic rings. The Morgan fingerprint density at radius 3 is 3.20 bits per heavy atom. The van der Waals surface area contributed by atoms with Crippen LogP contribution in [0.3, 0.4) is 0 Å². The first-order valence-electron chi connectivity index (χ1n) is 5.17. The minimum Gasteiger partial charge on any atom is -0.320 e. The Bertz CT molecular complexity index is 317. The maximum Gasteiger partial charge on any atom is 0.168 e. The van der Waals surface area contributed by atoms with E-state index in [-0.39, 0.29) is 12.4 Å². The van der Waals surface area contributed by atoms with Crippen molar-refractivity contribution >= 4 is 40.9 Å². The second-order valence-corrected chi connectivity index (χ2v) is 5.22. The number of thioether (sulfide) groups is 1. The summed E-state index contributed by atoms with van der Waals surface area (Å²) in [5, 5.41) is 3.36. The van der Waals surface area contributed by atoms with E-state index in [0.717, 1.165) is 0 Å². The van der Waals surface area contributed by atoms with Crippen molar-refractivity contribution in [2.24, 2.45) is 4.99 Å². The number of allylic oxidation sites excluding steroid dienone is 1. The molecule has 1 aliphatic carbocycles. The lowest BCUT2D eigenvalue weighted by atomic mass is 9.89. The number of hydrogen-bond donors (Lipinski definition) is 0. The maximum absolute atomic E-state index is 5.93. The highest BCUT2D eigenvalue weighted by Crippen LogP contribution is 2.39. The summed E-state index contributed by atoms with van der Waals surface area (Å²) >= 11 is 7.67. The van der Waals surface area contributed by atoms with Crippen molar-refractivity contribution in [3.05, 3.63) is 11.1 Å². The molecule has 0 amide bonds. The lowest BCUT2D eigenvalue weighted by molar-refractivity contribution is 0.248. The van der Waals surface area contributed by atoms with Crippen molar-refractivity contribution in [3.8, 4) is 0 Å². The predicted molar refractivity (Wildman–Crippen MR) is 69.0 cm³/mol. The van der Waals surface area contributed by atoms with Crippen molar-refractivity contribution < 1.29 is 0 Å². The van der Waals surface area contributed by atoms with Gasteiger partial charge in [-0.05, 0) is 31.1 Å². The SMILES string of the molecule is Cl.ClCC1=CSC2=N[C@H]3CCCC(C3)N12. The van der Waals surface area contributed by atoms with Gasteiger partial charge >= 0.3 is 0 Å². The average molecular weight is 265 g/mol. The molecule has 2 atom stereocenters. The average Bonchev–Trinajstić information content (AvgIpc) is 2.61. The van der Waals surface area contributed by atoms with Crippen LogP contribution in [0.25, 0.3) is 0 Å². The molecule has 84 valence electrons. The zero-order chi connectivity index (χ0) is 9.54. The Labute approximate surface area is 106 Å². The highest BCUT2D eigenvalue weighted by Gasteiger charge is 2.37. The van der Waals surface area contributed by atoms with Crippen LogP contribution in [0.2, 0.25) is 0 Å². The van der Waals surface area contributed by atoms with Gasteiger partial charge in [0.1, 0.15) is 0 Å². The monoisotopic (exact) mass is 264 g/mol. The van der Waals surface area contributed by atoms with Gasteiger partial charge in [0.15, 0.2) is 5.17 Å². The topological polar surface area (TPSA) is 15.6 Å². The summed E-state index contributed by atoms with van der Waals surface area (Å²) in [4.78, 5) is 7.13. The van der Waals surface area contributed by atoms with Gasteiger partial charge in [0.25, 0.3) is 0 Å². The fraction of sp³-hybridized carbons (Fsp3) is 0.700. The lowest BCUT2D eigenvalue weighted by Crippen LogP contribution is -2.44. The minimum atomic E-state index is 0. The number of rotatable bonds is 1. The maximum atomic E-state index is 5.93. The molecule has 1 saturated carbocycles. The van der Waals surface area contributed by atoms with Gasteiger partial charge in [-0.2, -0.15) is 0 Å². The van der Waals surface area contributed by atoms with Gasteiger partial charge in [-0.15, -0.1) is 24.0 Å². The Morgan fingerprint density at radius 1 is 1.53 bits per heavy atom. The predicted octanol–water partition coefficient (Wildman–Crippen LogP) is 3.22. The molecule has 1 unspecified atom stereocenters. The summed E-state index contributed by atoms with van der Waals surface area (Å²) < 4.78 is 0. The van der Waals surface area contributed by atoms with Crippen LogP contribution in [0.1, 0.15) is 25.7 Å². The summed E-state index contributed by atoms with van der Waals surface area (Å²) in [5.74, 6) is 0.618. The normalized spacial score (nSPS) is 32.7. The van der Waals surface area contributed by atoms with E-state index in [0.29, 0.717) is 18.0 Å². The smallest absolute Gasteiger partial charge is 0.168 e. The van der Waals surface area contributed by atoms with Gasteiger partial charge in [-0.1, -0.05) is 11.8 Å². The summed E-state index contributed by atoms with van der Waals surface area (Å²) in [5.41, 5.74) is 1.25. The largest absolute Gasteiger partial charge is 0.320 e. The number of fused-ring (bicyclic) bond motifs is 4. The van der Waals surface area contributed by atoms with E-state index < -0.39 is 0 Å². The summed E-state index contributed by atoms with van der Waals surface area (Å²) in [7, 11) is 0. The molecule has 2 bridgehead atoms. The molecule has 0 aromatic carbocycles. The molecule has 5 heteroatoms. The Hall–Kier alpha value is 0.140. The molecule has 2 heterocycles. The van der Waals surface area contributed by atoms with Crippen LogP contribution in [0.5, 0.6) is 0 Å². The van der Waals surface area contributed by atoms with Gasteiger partial charge in [0.2, 0.25) is 0 Å². The van der Waals surface area contributed by atoms with Crippen LogP contribution in [-0.4, -0.2) is 28.0 Å². The molecule has 0 spiro atoms. The third kappa shape index (κ3) is 1.90. The van der Waals surface area contributed by atoms with Gasteiger partial charge in [0, 0.05) is 11.7 Å². The standard InChI is InChI=1S/C10H13ClN2S.ClH/c11-5-9-6-14-10-12-7-2-1-3-8(4-7)13(9)10;/h6-8H,1-5H2;1H/t7-,8?;/m0./s1. The third-order valence-electron chi connectivity index (χ3n) is 3.23. The molecule has 0 aromatic rings. The van der Waals surface area contributed by atoms with E-state index in [1.807, 2.05) is 0 Å². The number of amidine groups is 1.